The van der Waals surface area contributed by atoms with Gasteiger partial charge >= 0.3 is 0 Å². The van der Waals surface area contributed by atoms with E-state index >= 15 is 0 Å². The van der Waals surface area contributed by atoms with Crippen molar-refractivity contribution in [2.75, 3.05) is 13.1 Å². The van der Waals surface area contributed by atoms with Crippen LogP contribution in [0.1, 0.15) is 59.7 Å². The lowest BCUT2D eigenvalue weighted by atomic mass is 9.92. The highest BCUT2D eigenvalue weighted by molar-refractivity contribution is 7.10. The first-order valence-electron chi connectivity index (χ1n) is 12.1. The van der Waals surface area contributed by atoms with Crippen LogP contribution in [0.3, 0.4) is 0 Å². The van der Waals surface area contributed by atoms with Gasteiger partial charge in [0, 0.05) is 27.5 Å². The number of hydrogen-bond donors (Lipinski definition) is 0. The quantitative estimate of drug-likeness (QED) is 0.343. The Morgan fingerprint density at radius 2 is 1.86 bits per heavy atom. The fourth-order valence-electron chi connectivity index (χ4n) is 5.09. The summed E-state index contributed by atoms with van der Waals surface area (Å²) >= 11 is 14.5. The minimum atomic E-state index is -0.283. The third-order valence-corrected chi connectivity index (χ3v) is 8.59. The summed E-state index contributed by atoms with van der Waals surface area (Å²) in [4.78, 5) is 32.5. The summed E-state index contributed by atoms with van der Waals surface area (Å²) < 4.78 is 0. The molecule has 2 unspecified atom stereocenters. The molecule has 2 atom stereocenters. The first-order valence-corrected chi connectivity index (χ1v) is 13.8. The second-order valence-corrected chi connectivity index (χ2v) is 11.1. The Balaban J connectivity index is 1.43. The van der Waals surface area contributed by atoms with Gasteiger partial charge in [0.1, 0.15) is 6.54 Å². The molecular formula is C28H28Cl2N2O2S. The molecule has 7 heteroatoms. The molecule has 182 valence electrons. The predicted molar refractivity (Wildman–Crippen MR) is 142 cm³/mol. The van der Waals surface area contributed by atoms with E-state index in [9.17, 15) is 9.59 Å². The second kappa shape index (κ2) is 10.3. The van der Waals surface area contributed by atoms with E-state index < -0.39 is 0 Å². The maximum atomic E-state index is 13.9. The molecule has 4 nitrogen and oxygen atoms in total. The molecule has 0 saturated heterocycles. The highest BCUT2D eigenvalue weighted by Gasteiger charge is 2.40. The average Bonchev–Trinajstić information content (AvgIpc) is 3.58. The van der Waals surface area contributed by atoms with Gasteiger partial charge in [-0.25, -0.2) is 0 Å². The molecule has 0 spiro atoms. The van der Waals surface area contributed by atoms with Crippen molar-refractivity contribution < 1.29 is 9.59 Å². The monoisotopic (exact) mass is 526 g/mol. The van der Waals surface area contributed by atoms with Gasteiger partial charge in [-0.15, -0.1) is 11.3 Å². The number of benzene rings is 2. The molecule has 1 fully saturated rings. The molecule has 2 aliphatic rings. The fraction of sp³-hybridized carbons (Fsp3) is 0.357. The molecule has 5 rings (SSSR count). The summed E-state index contributed by atoms with van der Waals surface area (Å²) in [5, 5.41) is 3.18. The Labute approximate surface area is 220 Å². The van der Waals surface area contributed by atoms with Gasteiger partial charge in [0.25, 0.3) is 0 Å². The number of carbonyl (C=O) groups is 2. The zero-order valence-corrected chi connectivity index (χ0v) is 22.0. The van der Waals surface area contributed by atoms with Gasteiger partial charge in [-0.2, -0.15) is 0 Å². The maximum absolute atomic E-state index is 13.9. The van der Waals surface area contributed by atoms with Crippen LogP contribution in [0.2, 0.25) is 10.0 Å². The van der Waals surface area contributed by atoms with Crippen molar-refractivity contribution in [3.05, 3.63) is 91.6 Å². The summed E-state index contributed by atoms with van der Waals surface area (Å²) in [6.07, 6.45) is 3.40. The van der Waals surface area contributed by atoms with Crippen LogP contribution in [0.5, 0.6) is 0 Å². The molecule has 1 aromatic heterocycles. The number of nitrogens with zero attached hydrogens (tertiary/aromatic N) is 2. The molecule has 2 amide bonds. The van der Waals surface area contributed by atoms with Crippen molar-refractivity contribution in [1.82, 2.24) is 9.80 Å². The van der Waals surface area contributed by atoms with Gasteiger partial charge in [-0.3, -0.25) is 9.59 Å². The van der Waals surface area contributed by atoms with E-state index in [0.717, 1.165) is 36.0 Å². The van der Waals surface area contributed by atoms with Gasteiger partial charge in [-0.1, -0.05) is 66.5 Å². The third kappa shape index (κ3) is 5.00. The fourth-order valence-corrected chi connectivity index (χ4v) is 6.51. The minimum Gasteiger partial charge on any atom is -0.330 e. The Morgan fingerprint density at radius 3 is 2.54 bits per heavy atom. The van der Waals surface area contributed by atoms with Gasteiger partial charge in [0.05, 0.1) is 12.0 Å². The summed E-state index contributed by atoms with van der Waals surface area (Å²) in [7, 11) is 0. The molecule has 2 heterocycles. The lowest BCUT2D eigenvalue weighted by Gasteiger charge is -2.38. The highest BCUT2D eigenvalue weighted by atomic mass is 35.5. The number of amides is 2. The minimum absolute atomic E-state index is 0.0407. The van der Waals surface area contributed by atoms with Gasteiger partial charge in [-0.05, 0) is 66.0 Å². The normalized spacial score (nSPS) is 18.1. The Bertz CT molecular complexity index is 1220. The van der Waals surface area contributed by atoms with E-state index in [1.54, 1.807) is 17.4 Å². The zero-order valence-electron chi connectivity index (χ0n) is 19.6. The molecule has 3 aromatic rings. The number of carbonyl (C=O) groups excluding carboxylic acids is 2. The van der Waals surface area contributed by atoms with Crippen LogP contribution in [-0.2, 0) is 16.0 Å². The summed E-state index contributed by atoms with van der Waals surface area (Å²) in [6.45, 7) is 2.72. The molecule has 0 radical (unpaired) electrons. The maximum Gasteiger partial charge on any atom is 0.243 e. The smallest absolute Gasteiger partial charge is 0.243 e. The standard InChI is InChI=1S/C28H28Cl2N2O2S/c1-2-21(18-6-4-3-5-7-18)28(34)32(20-9-10-20)17-26(33)31-14-12-25-23(13-15-35-25)27(31)22-11-8-19(29)16-24(22)30/h3-8,11,13,15-16,20-21,27H,2,9-10,12,14,17H2,1H3. The molecule has 1 saturated carbocycles. The van der Waals surface area contributed by atoms with Crippen LogP contribution in [-0.4, -0.2) is 40.7 Å². The highest BCUT2D eigenvalue weighted by Crippen LogP contribution is 2.41. The van der Waals surface area contributed by atoms with Crippen LogP contribution in [0, 0.1) is 0 Å². The molecule has 1 aliphatic heterocycles. The first kappa shape index (κ1) is 24.4. The summed E-state index contributed by atoms with van der Waals surface area (Å²) in [5.74, 6) is -0.235. The molecular weight excluding hydrogens is 499 g/mol. The lowest BCUT2D eigenvalue weighted by Crippen LogP contribution is -2.48. The van der Waals surface area contributed by atoms with Crippen molar-refractivity contribution in [2.24, 2.45) is 0 Å². The summed E-state index contributed by atoms with van der Waals surface area (Å²) in [5.41, 5.74) is 2.98. The van der Waals surface area contributed by atoms with Crippen molar-refractivity contribution in [3.63, 3.8) is 0 Å². The number of rotatable bonds is 7. The van der Waals surface area contributed by atoms with E-state index in [4.69, 9.17) is 23.2 Å². The molecule has 35 heavy (non-hydrogen) atoms. The van der Waals surface area contributed by atoms with E-state index in [1.807, 2.05) is 59.2 Å². The molecule has 1 aliphatic carbocycles. The third-order valence-electron chi connectivity index (χ3n) is 7.03. The van der Waals surface area contributed by atoms with Crippen LogP contribution in [0.4, 0.5) is 0 Å². The molecule has 0 N–H and O–H groups in total. The van der Waals surface area contributed by atoms with Gasteiger partial charge in [0.15, 0.2) is 0 Å². The van der Waals surface area contributed by atoms with Crippen LogP contribution >= 0.6 is 34.5 Å². The van der Waals surface area contributed by atoms with E-state index in [-0.39, 0.29) is 36.4 Å². The molecule has 0 bridgehead atoms. The number of halogens is 2. The zero-order chi connectivity index (χ0) is 24.5. The SMILES string of the molecule is CCC(C(=O)N(CC(=O)N1CCc2sccc2C1c1ccc(Cl)cc1Cl)C1CC1)c1ccccc1. The topological polar surface area (TPSA) is 40.6 Å². The van der Waals surface area contributed by atoms with E-state index in [2.05, 4.69) is 11.4 Å². The second-order valence-electron chi connectivity index (χ2n) is 9.27. The van der Waals surface area contributed by atoms with Crippen molar-refractivity contribution >= 4 is 46.4 Å². The van der Waals surface area contributed by atoms with Crippen molar-refractivity contribution in [1.29, 1.82) is 0 Å². The van der Waals surface area contributed by atoms with Crippen molar-refractivity contribution in [2.45, 2.75) is 50.6 Å². The van der Waals surface area contributed by atoms with Crippen LogP contribution in [0.25, 0.3) is 0 Å². The summed E-state index contributed by atoms with van der Waals surface area (Å²) in [6, 6.07) is 17.3. The lowest BCUT2D eigenvalue weighted by molar-refractivity contribution is -0.143. The number of fused-ring (bicyclic) bond motifs is 1. The average molecular weight is 528 g/mol. The predicted octanol–water partition coefficient (Wildman–Crippen LogP) is 6.71. The van der Waals surface area contributed by atoms with Crippen LogP contribution < -0.4 is 0 Å². The largest absolute Gasteiger partial charge is 0.330 e. The van der Waals surface area contributed by atoms with Crippen LogP contribution in [0.15, 0.2) is 60.0 Å². The number of hydrogen-bond acceptors (Lipinski definition) is 3. The van der Waals surface area contributed by atoms with E-state index in [0.29, 0.717) is 23.0 Å². The van der Waals surface area contributed by atoms with E-state index in [1.165, 1.54) is 4.88 Å². The first-order chi connectivity index (χ1) is 17.0. The molecule has 2 aromatic carbocycles. The Morgan fingerprint density at radius 1 is 1.09 bits per heavy atom. The Hall–Kier alpha value is -2.34. The van der Waals surface area contributed by atoms with Crippen molar-refractivity contribution in [3.8, 4) is 0 Å². The number of thiophene rings is 1. The Kier molecular flexibility index (Phi) is 7.19. The van der Waals surface area contributed by atoms with Gasteiger partial charge in [0.2, 0.25) is 11.8 Å². The van der Waals surface area contributed by atoms with Gasteiger partial charge < -0.3 is 9.80 Å².